The number of carbonyl (C=O) groups excluding carboxylic acids is 3. The molecule has 3 saturated heterocycles. The molecule has 15 rings (SSSR count). The Hall–Kier alpha value is -13.4. The topological polar surface area (TPSA) is 363 Å². The Balaban J connectivity index is 0.000000176. The number of aromatic nitrogens is 9. The first-order chi connectivity index (χ1) is 65.6. The van der Waals surface area contributed by atoms with E-state index in [9.17, 15) is 66.5 Å². The summed E-state index contributed by atoms with van der Waals surface area (Å²) in [7, 11) is 0. The summed E-state index contributed by atoms with van der Waals surface area (Å²) in [6.07, 6.45) is 8.45. The SMILES string of the molecule is C=CC(=O)N1CCN(c2c(C#N)c(=O)n(-c3c(C)ccnc3C(C)C)c3nc(-c4c(F)c(Cl)c(F)c(N)c4Cl)c(Cl)cc23)C[C@H]1C.C=CC(=O)N1CCN(c2c(C#N)c(=O)n(-c3c(C)ccnc3C(C)C)c3nc(-c4c(F)c(F)c(F)c(N)c4Cl)c(Cl)cc23)C[C@H]1C.C=CC(=O)N1[C@H](C)CN(c2c(C#N)c(=O)n(-c3c(C)ccnc3C(C)C)c3nc(-c4c(N)c(F)c(F)c(Cl)c4F)c(Cl)cc23)C[C@@H]1C. The number of hydrogen-bond donors (Lipinski definition) is 3. The predicted octanol–water partition coefficient (Wildman–Crippen LogP) is 19.7. The van der Waals surface area contributed by atoms with E-state index < -0.39 is 128 Å². The van der Waals surface area contributed by atoms with E-state index in [0.29, 0.717) is 50.8 Å². The molecule has 3 aromatic carbocycles. The van der Waals surface area contributed by atoms with Crippen LogP contribution in [0, 0.1) is 101 Å². The third-order valence-electron chi connectivity index (χ3n) is 24.4. The number of aryl methyl sites for hydroxylation is 3. The summed E-state index contributed by atoms with van der Waals surface area (Å²) in [4.78, 5) is 119. The van der Waals surface area contributed by atoms with Crippen LogP contribution in [0.4, 0.5) is 69.2 Å². The monoisotopic (exact) mass is 2040 g/mol. The molecule has 42 heteroatoms. The molecule has 12 aromatic rings. The highest BCUT2D eigenvalue weighted by atomic mass is 35.5. The summed E-state index contributed by atoms with van der Waals surface area (Å²) >= 11 is 44.5. The molecule has 720 valence electrons. The minimum absolute atomic E-state index is 0.00290. The highest BCUT2D eigenvalue weighted by Crippen LogP contribution is 2.49. The lowest BCUT2D eigenvalue weighted by Gasteiger charge is -2.45. The number of hydrogen-bond acceptors (Lipinski definition) is 21. The van der Waals surface area contributed by atoms with Gasteiger partial charge in [-0.3, -0.25) is 57.4 Å². The lowest BCUT2D eigenvalue weighted by atomic mass is 10.0. The molecule has 4 atom stereocenters. The molecule has 0 spiro atoms. The number of benzene rings is 3. The molecule has 12 heterocycles. The zero-order valence-electron chi connectivity index (χ0n) is 76.6. The van der Waals surface area contributed by atoms with E-state index in [1.54, 1.807) is 82.1 Å². The number of nitrogens with two attached hydrogens (primary N) is 3. The fourth-order valence-electron chi connectivity index (χ4n) is 17.9. The maximum atomic E-state index is 15.6. The standard InChI is InChI=1S/C33H30Cl2F3N7O2.C32H28Cl3F2N7O2.C32H28Cl2F3N7O2/c1-7-21(46)44-16(5)12-43(13-17(44)6)31-18-10-20(34)29(22-24(36)23(35)25(37)26(38)27(22)40)42-32(18)45(33(47)19(31)11-39)30-15(4)8-9-41-28(30)14(2)3;1-6-20(45)43-10-9-42(13-16(43)5)30-17-11-19(33)28(21-22(34)26(39)25(37)23(35)24(21)36)41-31(17)44(32(46)18(30)12-38)29-15(4)7-8-40-27(29)14(2)3;1-6-20(45)43-10-9-42(13-16(43)5)30-17-11-19(33)28(21-22(34)26(39)25(37)24(36)23(21)35)41-31(17)44(32(46)18(30)12-38)29-15(4)7-8-40-27(29)14(2)3/h7-10,14,16-17H,1,12-13,40H2,2-6H3;2*6-8,11,14,16H,1,9-10,13,39H2,2-5H3/t16-,17+;2*16-/m.11/s1. The van der Waals surface area contributed by atoms with Crippen molar-refractivity contribution in [3.63, 3.8) is 0 Å². The summed E-state index contributed by atoms with van der Waals surface area (Å²) in [5, 5.41) is 28.3. The molecule has 0 radical (unpaired) electrons. The van der Waals surface area contributed by atoms with Gasteiger partial charge in [0.1, 0.15) is 61.9 Å². The van der Waals surface area contributed by atoms with Crippen LogP contribution in [0.5, 0.6) is 0 Å². The van der Waals surface area contributed by atoms with Crippen molar-refractivity contribution in [1.29, 1.82) is 15.8 Å². The van der Waals surface area contributed by atoms with Crippen molar-refractivity contribution in [2.75, 3.05) is 84.3 Å². The third kappa shape index (κ3) is 18.0. The highest BCUT2D eigenvalue weighted by Gasteiger charge is 2.41. The van der Waals surface area contributed by atoms with Crippen molar-refractivity contribution in [1.82, 2.24) is 58.3 Å². The van der Waals surface area contributed by atoms with Crippen LogP contribution in [0.2, 0.25) is 35.2 Å². The van der Waals surface area contributed by atoms with Gasteiger partial charge < -0.3 is 46.6 Å². The number of fused-ring (bicyclic) bond motifs is 3. The van der Waals surface area contributed by atoms with Gasteiger partial charge in [0.15, 0.2) is 46.5 Å². The molecule has 3 aliphatic heterocycles. The fourth-order valence-corrected chi connectivity index (χ4v) is 19.6. The predicted molar refractivity (Wildman–Crippen MR) is 526 cm³/mol. The van der Waals surface area contributed by atoms with E-state index in [-0.39, 0.29) is 200 Å². The minimum atomic E-state index is -1.88. The van der Waals surface area contributed by atoms with Gasteiger partial charge in [0.25, 0.3) is 16.7 Å². The fraction of sp³-hybridized carbons (Fsp3) is 0.289. The van der Waals surface area contributed by atoms with Crippen LogP contribution >= 0.6 is 81.2 Å². The van der Waals surface area contributed by atoms with Crippen LogP contribution in [-0.2, 0) is 14.4 Å². The molecule has 6 N–H and O–H groups in total. The van der Waals surface area contributed by atoms with E-state index in [4.69, 9.17) is 103 Å². The largest absolute Gasteiger partial charge is 0.396 e. The second kappa shape index (κ2) is 40.5. The van der Waals surface area contributed by atoms with E-state index in [2.05, 4.69) is 56.8 Å². The van der Waals surface area contributed by atoms with Gasteiger partial charge in [-0.05, 0) is 138 Å². The Morgan fingerprint density at radius 2 is 0.705 bits per heavy atom. The Morgan fingerprint density at radius 3 is 1.04 bits per heavy atom. The van der Waals surface area contributed by atoms with Crippen molar-refractivity contribution >= 4 is 166 Å². The number of rotatable bonds is 15. The molecule has 0 unspecified atom stereocenters. The molecular weight excluding hydrogens is 1960 g/mol. The van der Waals surface area contributed by atoms with Crippen molar-refractivity contribution in [3.05, 3.63) is 256 Å². The first kappa shape index (κ1) is 103. The highest BCUT2D eigenvalue weighted by molar-refractivity contribution is 6.40. The van der Waals surface area contributed by atoms with Gasteiger partial charge >= 0.3 is 0 Å². The van der Waals surface area contributed by atoms with Gasteiger partial charge in [-0.2, -0.15) is 15.8 Å². The van der Waals surface area contributed by atoms with E-state index in [1.807, 2.05) is 80.2 Å². The van der Waals surface area contributed by atoms with Gasteiger partial charge in [-0.25, -0.2) is 50.1 Å². The first-order valence-corrected chi connectivity index (χ1v) is 45.7. The molecule has 9 aromatic heterocycles. The lowest BCUT2D eigenvalue weighted by molar-refractivity contribution is -0.131. The molecule has 3 fully saturated rings. The van der Waals surface area contributed by atoms with Gasteiger partial charge in [0.2, 0.25) is 17.7 Å². The number of halogens is 15. The van der Waals surface area contributed by atoms with E-state index >= 15 is 13.2 Å². The second-order valence-electron chi connectivity index (χ2n) is 34.3. The smallest absolute Gasteiger partial charge is 0.276 e. The molecule has 0 saturated carbocycles. The summed E-state index contributed by atoms with van der Waals surface area (Å²) in [6.45, 7) is 36.6. The van der Waals surface area contributed by atoms with E-state index in [0.717, 1.165) is 0 Å². The summed E-state index contributed by atoms with van der Waals surface area (Å²) in [6, 6.07) is 14.1. The quantitative estimate of drug-likeness (QED) is 0.0282. The summed E-state index contributed by atoms with van der Waals surface area (Å²) < 4.78 is 123. The number of nitrogen functional groups attached to an aromatic ring is 3. The minimum Gasteiger partial charge on any atom is -0.396 e. The number of nitrogens with zero attached hydrogens (tertiary/aromatic N) is 18. The van der Waals surface area contributed by atoms with Crippen molar-refractivity contribution < 1.29 is 49.5 Å². The molecule has 139 heavy (non-hydrogen) atoms. The second-order valence-corrected chi connectivity index (χ2v) is 37.0. The van der Waals surface area contributed by atoms with Gasteiger partial charge in [-0.15, -0.1) is 0 Å². The van der Waals surface area contributed by atoms with Gasteiger partial charge in [0, 0.05) is 111 Å². The molecule has 27 nitrogen and oxygen atoms in total. The summed E-state index contributed by atoms with van der Waals surface area (Å²) in [5.74, 6) is -13.7. The van der Waals surface area contributed by atoms with Crippen LogP contribution in [0.1, 0.15) is 137 Å². The van der Waals surface area contributed by atoms with E-state index in [1.165, 1.54) is 50.1 Å². The summed E-state index contributed by atoms with van der Waals surface area (Å²) in [5.41, 5.74) is 14.1. The van der Waals surface area contributed by atoms with Crippen molar-refractivity contribution in [3.8, 4) is 69.0 Å². The molecule has 3 aliphatic rings. The molecule has 3 amide bonds. The van der Waals surface area contributed by atoms with Crippen LogP contribution in [0.15, 0.2) is 107 Å². The van der Waals surface area contributed by atoms with Gasteiger partial charge in [0.05, 0.1) is 127 Å². The Bertz CT molecular complexity index is 7220. The maximum Gasteiger partial charge on any atom is 0.276 e. The Labute approximate surface area is 825 Å². The number of amides is 3. The maximum absolute atomic E-state index is 15.6. The zero-order chi connectivity index (χ0) is 102. The van der Waals surface area contributed by atoms with Crippen LogP contribution < -0.4 is 48.6 Å². The van der Waals surface area contributed by atoms with Crippen molar-refractivity contribution in [2.45, 2.75) is 132 Å². The number of carbonyl (C=O) groups is 3. The average molecular weight is 2040 g/mol. The van der Waals surface area contributed by atoms with Crippen LogP contribution in [0.25, 0.3) is 83.9 Å². The number of anilines is 6. The number of piperazine rings is 3. The van der Waals surface area contributed by atoms with Crippen molar-refractivity contribution in [2.24, 2.45) is 0 Å². The molecule has 0 bridgehead atoms. The number of pyridine rings is 9. The number of nitriles is 3. The van der Waals surface area contributed by atoms with Gasteiger partial charge in [-0.1, -0.05) is 142 Å². The van der Waals surface area contributed by atoms with Crippen LogP contribution in [0.3, 0.4) is 0 Å². The lowest BCUT2D eigenvalue weighted by Crippen LogP contribution is -2.58. The Morgan fingerprint density at radius 1 is 0.403 bits per heavy atom. The average Bonchev–Trinajstić information content (AvgIpc) is 0.726. The first-order valence-electron chi connectivity index (χ1n) is 43.0. The molecule has 0 aliphatic carbocycles. The third-order valence-corrected chi connectivity index (χ3v) is 26.7. The Kier molecular flexibility index (Phi) is 30.0. The molecular formula is C97H86Cl7F8N21O6. The van der Waals surface area contributed by atoms with Crippen LogP contribution in [-0.4, -0.2) is 153 Å². The normalized spacial score (nSPS) is 15.5. The zero-order valence-corrected chi connectivity index (χ0v) is 81.9.